The van der Waals surface area contributed by atoms with Gasteiger partial charge in [-0.25, -0.2) is 14.6 Å². The van der Waals surface area contributed by atoms with Gasteiger partial charge in [0.1, 0.15) is 12.4 Å². The number of para-hydroxylation sites is 1. The van der Waals surface area contributed by atoms with E-state index in [4.69, 9.17) is 19.8 Å². The Kier molecular flexibility index (Phi) is 5.59. The molecule has 1 aliphatic rings. The van der Waals surface area contributed by atoms with Crippen molar-refractivity contribution in [2.45, 2.75) is 13.5 Å². The summed E-state index contributed by atoms with van der Waals surface area (Å²) in [6.07, 6.45) is 0. The van der Waals surface area contributed by atoms with Gasteiger partial charge < -0.3 is 14.5 Å². The molecule has 9 heteroatoms. The van der Waals surface area contributed by atoms with E-state index in [0.29, 0.717) is 38.6 Å². The quantitative estimate of drug-likeness (QED) is 0.466. The number of hydrogen-bond acceptors (Lipinski definition) is 7. The van der Waals surface area contributed by atoms with Gasteiger partial charge in [-0.3, -0.25) is 4.79 Å². The zero-order chi connectivity index (χ0) is 22.1. The second kappa shape index (κ2) is 8.68. The van der Waals surface area contributed by atoms with Crippen molar-refractivity contribution in [3.8, 4) is 5.69 Å². The number of hydrogen-bond donors (Lipinski definition) is 0. The lowest BCUT2D eigenvalue weighted by Gasteiger charge is -2.35. The van der Waals surface area contributed by atoms with Crippen LogP contribution in [0.3, 0.4) is 0 Å². The van der Waals surface area contributed by atoms with Crippen LogP contribution in [0.2, 0.25) is 0 Å². The predicted octanol–water partition coefficient (Wildman–Crippen LogP) is 3.29. The van der Waals surface area contributed by atoms with Gasteiger partial charge in [0.25, 0.3) is 5.91 Å². The Morgan fingerprint density at radius 1 is 1.06 bits per heavy atom. The van der Waals surface area contributed by atoms with E-state index < -0.39 is 0 Å². The van der Waals surface area contributed by atoms with E-state index in [1.165, 1.54) is 11.3 Å². The van der Waals surface area contributed by atoms with Crippen LogP contribution in [0.4, 0.5) is 5.82 Å². The lowest BCUT2D eigenvalue weighted by Crippen LogP contribution is -2.49. The molecule has 1 saturated heterocycles. The number of aromatic nitrogens is 4. The van der Waals surface area contributed by atoms with Crippen LogP contribution >= 0.6 is 11.3 Å². The fourth-order valence-electron chi connectivity index (χ4n) is 4.05. The van der Waals surface area contributed by atoms with Crippen LogP contribution in [0.25, 0.3) is 16.7 Å². The average molecular weight is 449 g/mol. The Bertz CT molecular complexity index is 1230. The number of thiophene rings is 1. The van der Waals surface area contributed by atoms with E-state index in [0.717, 1.165) is 33.1 Å². The summed E-state index contributed by atoms with van der Waals surface area (Å²) in [5, 5.41) is 7.65. The molecule has 0 radical (unpaired) electrons. The van der Waals surface area contributed by atoms with Crippen LogP contribution in [-0.2, 0) is 11.3 Å². The van der Waals surface area contributed by atoms with Crippen molar-refractivity contribution in [3.63, 3.8) is 0 Å². The second-order valence-electron chi connectivity index (χ2n) is 7.68. The maximum atomic E-state index is 12.7. The number of carbonyl (C=O) groups excluding carboxylic acids is 1. The van der Waals surface area contributed by atoms with Crippen molar-refractivity contribution in [1.29, 1.82) is 0 Å². The van der Waals surface area contributed by atoms with E-state index in [1.54, 1.807) is 7.11 Å². The number of anilines is 1. The maximum Gasteiger partial charge on any atom is 0.264 e. The van der Waals surface area contributed by atoms with Gasteiger partial charge in [0, 0.05) is 33.3 Å². The molecular formula is C23H24N6O2S. The van der Waals surface area contributed by atoms with E-state index in [9.17, 15) is 4.79 Å². The standard InChI is InChI=1S/C23H24N6O2S/c1-16-20-21(27-10-12-28(13-11-27)23(30)18-9-6-14-32-18)24-19(15-31-2)25-22(20)29(26-16)17-7-4-3-5-8-17/h3-9,14H,10-13,15H2,1-2H3. The van der Waals surface area contributed by atoms with Gasteiger partial charge in [0.05, 0.1) is 21.6 Å². The molecule has 5 rings (SSSR count). The molecule has 0 aliphatic carbocycles. The highest BCUT2D eigenvalue weighted by Gasteiger charge is 2.27. The molecule has 4 aromatic rings. The largest absolute Gasteiger partial charge is 0.377 e. The number of piperazine rings is 1. The molecule has 0 unspecified atom stereocenters. The topological polar surface area (TPSA) is 76.4 Å². The van der Waals surface area contributed by atoms with Crippen molar-refractivity contribution in [2.24, 2.45) is 0 Å². The number of aryl methyl sites for hydroxylation is 1. The van der Waals surface area contributed by atoms with E-state index >= 15 is 0 Å². The molecule has 0 bridgehead atoms. The maximum absolute atomic E-state index is 12.7. The third kappa shape index (κ3) is 3.74. The second-order valence-corrected chi connectivity index (χ2v) is 8.63. The molecule has 1 fully saturated rings. The van der Waals surface area contributed by atoms with Gasteiger partial charge in [-0.2, -0.15) is 5.10 Å². The minimum atomic E-state index is 0.0978. The molecular weight excluding hydrogens is 424 g/mol. The lowest BCUT2D eigenvalue weighted by atomic mass is 10.2. The molecule has 8 nitrogen and oxygen atoms in total. The van der Waals surface area contributed by atoms with Crippen LogP contribution in [0.1, 0.15) is 21.2 Å². The Morgan fingerprint density at radius 3 is 2.53 bits per heavy atom. The molecule has 1 aromatic carbocycles. The van der Waals surface area contributed by atoms with Crippen molar-refractivity contribution >= 4 is 34.1 Å². The molecule has 1 aliphatic heterocycles. The summed E-state index contributed by atoms with van der Waals surface area (Å²) in [5.74, 6) is 1.56. The number of fused-ring (bicyclic) bond motifs is 1. The first-order chi connectivity index (χ1) is 15.7. The van der Waals surface area contributed by atoms with E-state index in [2.05, 4.69) is 4.90 Å². The summed E-state index contributed by atoms with van der Waals surface area (Å²) in [4.78, 5) is 27.3. The fraction of sp³-hybridized carbons (Fsp3) is 0.304. The fourth-order valence-corrected chi connectivity index (χ4v) is 4.75. The first-order valence-corrected chi connectivity index (χ1v) is 11.4. The van der Waals surface area contributed by atoms with Gasteiger partial charge >= 0.3 is 0 Å². The smallest absolute Gasteiger partial charge is 0.264 e. The van der Waals surface area contributed by atoms with Crippen LogP contribution < -0.4 is 4.90 Å². The molecule has 32 heavy (non-hydrogen) atoms. The zero-order valence-corrected chi connectivity index (χ0v) is 18.9. The first kappa shape index (κ1) is 20.6. The molecule has 0 spiro atoms. The predicted molar refractivity (Wildman–Crippen MR) is 125 cm³/mol. The summed E-state index contributed by atoms with van der Waals surface area (Å²) < 4.78 is 7.20. The third-order valence-electron chi connectivity index (χ3n) is 5.60. The molecule has 164 valence electrons. The van der Waals surface area contributed by atoms with E-state index in [-0.39, 0.29) is 5.91 Å². The van der Waals surface area contributed by atoms with Crippen LogP contribution in [0, 0.1) is 6.92 Å². The van der Waals surface area contributed by atoms with Crippen molar-refractivity contribution < 1.29 is 9.53 Å². The minimum Gasteiger partial charge on any atom is -0.377 e. The van der Waals surface area contributed by atoms with Gasteiger partial charge in [-0.1, -0.05) is 24.3 Å². The summed E-state index contributed by atoms with van der Waals surface area (Å²) in [6.45, 7) is 5.00. The average Bonchev–Trinajstić information content (AvgIpc) is 3.48. The van der Waals surface area contributed by atoms with Crippen molar-refractivity contribution in [3.05, 3.63) is 64.2 Å². The Balaban J connectivity index is 1.50. The number of amides is 1. The number of methoxy groups -OCH3 is 1. The van der Waals surface area contributed by atoms with Crippen LogP contribution in [0.15, 0.2) is 47.8 Å². The van der Waals surface area contributed by atoms with Crippen molar-refractivity contribution in [1.82, 2.24) is 24.6 Å². The molecule has 3 aromatic heterocycles. The highest BCUT2D eigenvalue weighted by atomic mass is 32.1. The Hall–Kier alpha value is -3.30. The first-order valence-electron chi connectivity index (χ1n) is 10.5. The summed E-state index contributed by atoms with van der Waals surface area (Å²) in [6, 6.07) is 13.8. The zero-order valence-electron chi connectivity index (χ0n) is 18.1. The SMILES string of the molecule is COCc1nc(N2CCN(C(=O)c3cccs3)CC2)c2c(C)nn(-c3ccccc3)c2n1. The summed E-state index contributed by atoms with van der Waals surface area (Å²) >= 11 is 1.48. The molecule has 0 saturated carbocycles. The Morgan fingerprint density at radius 2 is 1.84 bits per heavy atom. The van der Waals surface area contributed by atoms with Crippen LogP contribution in [-0.4, -0.2) is 63.8 Å². The highest BCUT2D eigenvalue weighted by molar-refractivity contribution is 7.12. The highest BCUT2D eigenvalue weighted by Crippen LogP contribution is 2.30. The molecule has 0 N–H and O–H groups in total. The van der Waals surface area contributed by atoms with Gasteiger partial charge in [-0.05, 0) is 30.5 Å². The lowest BCUT2D eigenvalue weighted by molar-refractivity contribution is 0.0751. The molecule has 4 heterocycles. The number of rotatable bonds is 5. The number of carbonyl (C=O) groups is 1. The molecule has 0 atom stereocenters. The Labute approximate surface area is 190 Å². The molecule has 1 amide bonds. The van der Waals surface area contributed by atoms with Crippen molar-refractivity contribution in [2.75, 3.05) is 38.2 Å². The third-order valence-corrected chi connectivity index (χ3v) is 6.46. The van der Waals surface area contributed by atoms with Gasteiger partial charge in [-0.15, -0.1) is 11.3 Å². The number of benzene rings is 1. The number of ether oxygens (including phenoxy) is 1. The van der Waals surface area contributed by atoms with Crippen LogP contribution in [0.5, 0.6) is 0 Å². The minimum absolute atomic E-state index is 0.0978. The van der Waals surface area contributed by atoms with Gasteiger partial charge in [0.2, 0.25) is 0 Å². The normalized spacial score (nSPS) is 14.3. The summed E-state index contributed by atoms with van der Waals surface area (Å²) in [7, 11) is 1.64. The monoisotopic (exact) mass is 448 g/mol. The number of nitrogens with zero attached hydrogens (tertiary/aromatic N) is 6. The van der Waals surface area contributed by atoms with E-state index in [1.807, 2.05) is 64.4 Å². The van der Waals surface area contributed by atoms with Gasteiger partial charge in [0.15, 0.2) is 11.5 Å². The summed E-state index contributed by atoms with van der Waals surface area (Å²) in [5.41, 5.74) is 2.59.